The monoisotopic (exact) mass is 282 g/mol. The van der Waals surface area contributed by atoms with Crippen molar-refractivity contribution >= 4 is 12.0 Å². The Hall–Kier alpha value is -2.11. The fourth-order valence-electron chi connectivity index (χ4n) is 1.57. The Balaban J connectivity index is 2.81. The summed E-state index contributed by atoms with van der Waals surface area (Å²) in [5, 5.41) is 11.6. The van der Waals surface area contributed by atoms with E-state index in [1.165, 1.54) is 29.2 Å². The maximum atomic E-state index is 12.8. The number of halogens is 1. The molecule has 0 fully saturated rings. The highest BCUT2D eigenvalue weighted by molar-refractivity contribution is 5.80. The van der Waals surface area contributed by atoms with Gasteiger partial charge in [-0.25, -0.2) is 9.18 Å². The Morgan fingerprint density at radius 1 is 1.25 bits per heavy atom. The van der Waals surface area contributed by atoms with Gasteiger partial charge in [0.15, 0.2) is 0 Å². The molecule has 20 heavy (non-hydrogen) atoms. The molecule has 1 aromatic rings. The number of carbonyl (C=O) groups excluding carboxylic acids is 1. The minimum atomic E-state index is -1.10. The SMILES string of the molecule is CC(C)(C)NC(=O)N(CC(=O)O)Cc1ccc(F)cc1. The number of amides is 2. The number of hydrogen-bond donors (Lipinski definition) is 2. The van der Waals surface area contributed by atoms with Gasteiger partial charge in [-0.05, 0) is 38.5 Å². The van der Waals surface area contributed by atoms with Crippen molar-refractivity contribution in [2.75, 3.05) is 6.54 Å². The van der Waals surface area contributed by atoms with Crippen molar-refractivity contribution in [2.24, 2.45) is 0 Å². The molecule has 6 heteroatoms. The molecule has 0 saturated heterocycles. The normalized spacial score (nSPS) is 11.0. The van der Waals surface area contributed by atoms with E-state index in [4.69, 9.17) is 5.11 Å². The van der Waals surface area contributed by atoms with Crippen molar-refractivity contribution in [3.63, 3.8) is 0 Å². The number of nitrogens with zero attached hydrogens (tertiary/aromatic N) is 1. The summed E-state index contributed by atoms with van der Waals surface area (Å²) in [5.74, 6) is -1.48. The summed E-state index contributed by atoms with van der Waals surface area (Å²) in [5.41, 5.74) is 0.202. The van der Waals surface area contributed by atoms with Crippen LogP contribution in [0.4, 0.5) is 9.18 Å². The maximum Gasteiger partial charge on any atom is 0.323 e. The molecule has 0 aliphatic rings. The van der Waals surface area contributed by atoms with Crippen molar-refractivity contribution in [3.05, 3.63) is 35.6 Å². The van der Waals surface area contributed by atoms with Gasteiger partial charge in [0.25, 0.3) is 0 Å². The second-order valence-corrected chi connectivity index (χ2v) is 5.56. The lowest BCUT2D eigenvalue weighted by atomic mass is 10.1. The molecule has 5 nitrogen and oxygen atoms in total. The standard InChI is InChI=1S/C14H19FN2O3/c1-14(2,3)16-13(20)17(9-12(18)19)8-10-4-6-11(15)7-5-10/h4-7H,8-9H2,1-3H3,(H,16,20)(H,18,19). The molecule has 0 aliphatic carbocycles. The molecule has 0 radical (unpaired) electrons. The fraction of sp³-hybridized carbons (Fsp3) is 0.429. The highest BCUT2D eigenvalue weighted by atomic mass is 19.1. The lowest BCUT2D eigenvalue weighted by Gasteiger charge is -2.27. The number of urea groups is 1. The third-order valence-corrected chi connectivity index (χ3v) is 2.38. The summed E-state index contributed by atoms with van der Waals surface area (Å²) in [6.07, 6.45) is 0. The van der Waals surface area contributed by atoms with Crippen molar-refractivity contribution in [1.29, 1.82) is 0 Å². The average molecular weight is 282 g/mol. The molecule has 0 aliphatic heterocycles. The molecule has 2 N–H and O–H groups in total. The zero-order valence-electron chi connectivity index (χ0n) is 11.8. The molecule has 0 heterocycles. The number of rotatable bonds is 4. The topological polar surface area (TPSA) is 69.6 Å². The Morgan fingerprint density at radius 3 is 2.25 bits per heavy atom. The molecule has 2 amide bonds. The molecule has 0 bridgehead atoms. The minimum absolute atomic E-state index is 0.106. The van der Waals surface area contributed by atoms with Crippen LogP contribution < -0.4 is 5.32 Å². The van der Waals surface area contributed by atoms with Gasteiger partial charge in [-0.1, -0.05) is 12.1 Å². The predicted octanol–water partition coefficient (Wildman–Crippen LogP) is 2.22. The number of carboxylic acids is 1. The molecular weight excluding hydrogens is 263 g/mol. The van der Waals surface area contributed by atoms with E-state index in [0.29, 0.717) is 5.56 Å². The van der Waals surface area contributed by atoms with Crippen LogP contribution in [0.15, 0.2) is 24.3 Å². The van der Waals surface area contributed by atoms with Gasteiger partial charge in [-0.3, -0.25) is 4.79 Å². The zero-order chi connectivity index (χ0) is 15.3. The van der Waals surface area contributed by atoms with E-state index in [-0.39, 0.29) is 12.4 Å². The van der Waals surface area contributed by atoms with Crippen LogP contribution in [0, 0.1) is 5.82 Å². The quantitative estimate of drug-likeness (QED) is 0.889. The first kappa shape index (κ1) is 15.9. The molecule has 1 aromatic carbocycles. The van der Waals surface area contributed by atoms with Crippen molar-refractivity contribution in [2.45, 2.75) is 32.9 Å². The third-order valence-electron chi connectivity index (χ3n) is 2.38. The molecule has 110 valence electrons. The van der Waals surface area contributed by atoms with Gasteiger partial charge >= 0.3 is 12.0 Å². The van der Waals surface area contributed by atoms with Crippen molar-refractivity contribution < 1.29 is 19.1 Å². The largest absolute Gasteiger partial charge is 0.480 e. The summed E-state index contributed by atoms with van der Waals surface area (Å²) < 4.78 is 12.8. The van der Waals surface area contributed by atoms with Gasteiger partial charge in [0.2, 0.25) is 0 Å². The molecule has 0 spiro atoms. The zero-order valence-corrected chi connectivity index (χ0v) is 11.8. The van der Waals surface area contributed by atoms with Gasteiger partial charge in [0.05, 0.1) is 0 Å². The highest BCUT2D eigenvalue weighted by Gasteiger charge is 2.21. The van der Waals surface area contributed by atoms with Crippen LogP contribution in [-0.2, 0) is 11.3 Å². The molecule has 0 atom stereocenters. The Labute approximate surface area is 117 Å². The minimum Gasteiger partial charge on any atom is -0.480 e. The molecular formula is C14H19FN2O3. The van der Waals surface area contributed by atoms with Gasteiger partial charge in [-0.2, -0.15) is 0 Å². The Kier molecular flexibility index (Phi) is 5.07. The third kappa shape index (κ3) is 5.69. The van der Waals surface area contributed by atoms with E-state index >= 15 is 0 Å². The summed E-state index contributed by atoms with van der Waals surface area (Å²) in [7, 11) is 0. The molecule has 1 rings (SSSR count). The van der Waals surface area contributed by atoms with Crippen LogP contribution in [0.2, 0.25) is 0 Å². The van der Waals surface area contributed by atoms with Crippen LogP contribution in [-0.4, -0.2) is 34.1 Å². The summed E-state index contributed by atoms with van der Waals surface area (Å²) in [6, 6.07) is 5.12. The Morgan fingerprint density at radius 2 is 1.80 bits per heavy atom. The Bertz CT molecular complexity index is 480. The van der Waals surface area contributed by atoms with Gasteiger partial charge in [0, 0.05) is 12.1 Å². The number of benzene rings is 1. The van der Waals surface area contributed by atoms with E-state index in [2.05, 4.69) is 5.32 Å². The van der Waals surface area contributed by atoms with Crippen LogP contribution in [0.3, 0.4) is 0 Å². The van der Waals surface area contributed by atoms with E-state index in [0.717, 1.165) is 0 Å². The van der Waals surface area contributed by atoms with Crippen molar-refractivity contribution in [3.8, 4) is 0 Å². The number of aliphatic carboxylic acids is 1. The molecule has 0 aromatic heterocycles. The van der Waals surface area contributed by atoms with Gasteiger partial charge in [-0.15, -0.1) is 0 Å². The van der Waals surface area contributed by atoms with Crippen LogP contribution >= 0.6 is 0 Å². The van der Waals surface area contributed by atoms with Gasteiger partial charge < -0.3 is 15.3 Å². The van der Waals surface area contributed by atoms with Crippen LogP contribution in [0.1, 0.15) is 26.3 Å². The van der Waals surface area contributed by atoms with Gasteiger partial charge in [0.1, 0.15) is 12.4 Å². The van der Waals surface area contributed by atoms with E-state index < -0.39 is 24.1 Å². The second-order valence-electron chi connectivity index (χ2n) is 5.56. The average Bonchev–Trinajstić information content (AvgIpc) is 2.28. The van der Waals surface area contributed by atoms with E-state index in [1.807, 2.05) is 20.8 Å². The van der Waals surface area contributed by atoms with Crippen LogP contribution in [0.25, 0.3) is 0 Å². The smallest absolute Gasteiger partial charge is 0.323 e. The number of carbonyl (C=O) groups is 2. The number of carboxylic acid groups (broad SMARTS) is 1. The lowest BCUT2D eigenvalue weighted by Crippen LogP contribution is -2.49. The van der Waals surface area contributed by atoms with Crippen molar-refractivity contribution in [1.82, 2.24) is 10.2 Å². The number of nitrogens with one attached hydrogen (secondary N) is 1. The first-order chi connectivity index (χ1) is 9.17. The molecule has 0 saturated carbocycles. The first-order valence-corrected chi connectivity index (χ1v) is 6.21. The predicted molar refractivity (Wildman–Crippen MR) is 72.7 cm³/mol. The van der Waals surface area contributed by atoms with Crippen LogP contribution in [0.5, 0.6) is 0 Å². The second kappa shape index (κ2) is 6.36. The molecule has 0 unspecified atom stereocenters. The lowest BCUT2D eigenvalue weighted by molar-refractivity contribution is -0.137. The fourth-order valence-corrected chi connectivity index (χ4v) is 1.57. The number of hydrogen-bond acceptors (Lipinski definition) is 2. The first-order valence-electron chi connectivity index (χ1n) is 6.21. The summed E-state index contributed by atoms with van der Waals surface area (Å²) in [6.45, 7) is 5.11. The van der Waals surface area contributed by atoms with E-state index in [9.17, 15) is 14.0 Å². The van der Waals surface area contributed by atoms with E-state index in [1.54, 1.807) is 0 Å². The highest BCUT2D eigenvalue weighted by Crippen LogP contribution is 2.08. The summed E-state index contributed by atoms with van der Waals surface area (Å²) in [4.78, 5) is 24.1. The maximum absolute atomic E-state index is 12.8. The summed E-state index contributed by atoms with van der Waals surface area (Å²) >= 11 is 0.